The van der Waals surface area contributed by atoms with Crippen LogP contribution < -0.4 is 11.1 Å². The molecule has 0 aliphatic heterocycles. The first kappa shape index (κ1) is 18.0. The highest BCUT2D eigenvalue weighted by Gasteiger charge is 2.37. The van der Waals surface area contributed by atoms with Crippen molar-refractivity contribution >= 4 is 17.5 Å². The number of nitrogens with one attached hydrogen (secondary N) is 1. The molecule has 2 aromatic rings. The normalized spacial score (nSPS) is 20.2. The van der Waals surface area contributed by atoms with E-state index in [4.69, 9.17) is 17.3 Å². The van der Waals surface area contributed by atoms with Crippen molar-refractivity contribution in [2.75, 3.05) is 6.54 Å². The molecule has 1 amide bonds. The third-order valence-electron chi connectivity index (χ3n) is 5.01. The number of carbonyl (C=O) groups is 1. The summed E-state index contributed by atoms with van der Waals surface area (Å²) in [5, 5.41) is 4.35. The molecule has 1 unspecified atom stereocenters. The summed E-state index contributed by atoms with van der Waals surface area (Å²) >= 11 is 5.95. The van der Waals surface area contributed by atoms with E-state index >= 15 is 0 Å². The van der Waals surface area contributed by atoms with Crippen LogP contribution >= 0.6 is 11.6 Å². The Morgan fingerprint density at radius 3 is 2.36 bits per heavy atom. The summed E-state index contributed by atoms with van der Waals surface area (Å²) in [7, 11) is 0. The molecule has 3 atom stereocenters. The van der Waals surface area contributed by atoms with Gasteiger partial charge < -0.3 is 11.1 Å². The molecular formula is C21H25ClN2O. The molecule has 3 rings (SSSR count). The second-order valence-electron chi connectivity index (χ2n) is 6.98. The van der Waals surface area contributed by atoms with Gasteiger partial charge in [-0.2, -0.15) is 0 Å². The van der Waals surface area contributed by atoms with Crippen LogP contribution in [0.5, 0.6) is 0 Å². The van der Waals surface area contributed by atoms with Crippen LogP contribution in [-0.4, -0.2) is 18.5 Å². The first-order chi connectivity index (χ1) is 12.0. The van der Waals surface area contributed by atoms with E-state index in [-0.39, 0.29) is 11.8 Å². The fraction of sp³-hybridized carbons (Fsp3) is 0.381. The monoisotopic (exact) mass is 356 g/mol. The third-order valence-corrected chi connectivity index (χ3v) is 5.26. The van der Waals surface area contributed by atoms with Crippen molar-refractivity contribution in [1.82, 2.24) is 5.32 Å². The van der Waals surface area contributed by atoms with Gasteiger partial charge in [-0.3, -0.25) is 4.79 Å². The second kappa shape index (κ2) is 8.03. The van der Waals surface area contributed by atoms with Crippen LogP contribution in [0.25, 0.3) is 11.1 Å². The molecule has 0 aromatic heterocycles. The van der Waals surface area contributed by atoms with E-state index in [1.54, 1.807) is 0 Å². The molecule has 2 aromatic carbocycles. The second-order valence-corrected chi connectivity index (χ2v) is 7.41. The molecule has 0 bridgehead atoms. The largest absolute Gasteiger partial charge is 0.369 e. The quantitative estimate of drug-likeness (QED) is 0.691. The number of benzene rings is 2. The number of primary amides is 1. The minimum absolute atomic E-state index is 0.0304. The topological polar surface area (TPSA) is 55.1 Å². The van der Waals surface area contributed by atoms with Gasteiger partial charge in [0.05, 0.1) is 0 Å². The number of hydrogen-bond donors (Lipinski definition) is 2. The van der Waals surface area contributed by atoms with Gasteiger partial charge in [-0.05, 0) is 54.6 Å². The highest BCUT2D eigenvalue weighted by atomic mass is 35.5. The summed E-state index contributed by atoms with van der Waals surface area (Å²) in [5.41, 5.74) is 9.07. The summed E-state index contributed by atoms with van der Waals surface area (Å²) < 4.78 is 0. The number of rotatable bonds is 8. The van der Waals surface area contributed by atoms with Gasteiger partial charge >= 0.3 is 0 Å². The van der Waals surface area contributed by atoms with Gasteiger partial charge in [-0.25, -0.2) is 0 Å². The summed E-state index contributed by atoms with van der Waals surface area (Å²) in [4.78, 5) is 11.0. The molecule has 25 heavy (non-hydrogen) atoms. The van der Waals surface area contributed by atoms with Crippen LogP contribution in [0.15, 0.2) is 48.5 Å². The predicted octanol–water partition coefficient (Wildman–Crippen LogP) is 4.35. The molecule has 0 radical (unpaired) electrons. The first-order valence-electron chi connectivity index (χ1n) is 8.93. The van der Waals surface area contributed by atoms with Gasteiger partial charge in [0.25, 0.3) is 0 Å². The highest BCUT2D eigenvalue weighted by Crippen LogP contribution is 2.41. The van der Waals surface area contributed by atoms with Crippen LogP contribution in [0.3, 0.4) is 0 Å². The Kier molecular flexibility index (Phi) is 5.77. The molecule has 1 aliphatic rings. The maximum atomic E-state index is 11.0. The zero-order valence-electron chi connectivity index (χ0n) is 14.5. The van der Waals surface area contributed by atoms with Gasteiger partial charge in [0.15, 0.2) is 0 Å². The van der Waals surface area contributed by atoms with Crippen molar-refractivity contribution in [2.45, 2.75) is 38.1 Å². The van der Waals surface area contributed by atoms with Gasteiger partial charge in [0.2, 0.25) is 5.91 Å². The van der Waals surface area contributed by atoms with E-state index in [2.05, 4.69) is 29.6 Å². The average molecular weight is 357 g/mol. The maximum absolute atomic E-state index is 11.0. The fourth-order valence-corrected chi connectivity index (χ4v) is 3.32. The Balaban J connectivity index is 1.46. The van der Waals surface area contributed by atoms with Crippen LogP contribution in [0.4, 0.5) is 0 Å². The van der Waals surface area contributed by atoms with Crippen LogP contribution in [0.2, 0.25) is 5.02 Å². The summed E-state index contributed by atoms with van der Waals surface area (Å²) in [5.74, 6) is 0.370. The molecular weight excluding hydrogens is 332 g/mol. The molecule has 0 heterocycles. The Morgan fingerprint density at radius 1 is 1.16 bits per heavy atom. The number of nitrogens with two attached hydrogens (primary N) is 1. The smallest absolute Gasteiger partial charge is 0.220 e. The number of amides is 1. The van der Waals surface area contributed by atoms with Gasteiger partial charge in [0.1, 0.15) is 0 Å². The van der Waals surface area contributed by atoms with Crippen molar-refractivity contribution in [3.63, 3.8) is 0 Å². The number of halogens is 1. The van der Waals surface area contributed by atoms with E-state index in [0.29, 0.717) is 12.0 Å². The SMILES string of the molecule is CC(CCCN[C@@H]1C[C@H]1c1ccc(-c2ccc(Cl)cc2)cc1)C(N)=O. The lowest BCUT2D eigenvalue weighted by Crippen LogP contribution is -2.23. The number of hydrogen-bond acceptors (Lipinski definition) is 2. The van der Waals surface area contributed by atoms with E-state index in [9.17, 15) is 4.79 Å². The Labute approximate surface area is 154 Å². The van der Waals surface area contributed by atoms with Crippen LogP contribution in [0, 0.1) is 5.92 Å². The average Bonchev–Trinajstić information content (AvgIpc) is 3.39. The van der Waals surface area contributed by atoms with E-state index in [1.807, 2.05) is 31.2 Å². The lowest BCUT2D eigenvalue weighted by molar-refractivity contribution is -0.121. The van der Waals surface area contributed by atoms with Crippen molar-refractivity contribution in [1.29, 1.82) is 0 Å². The minimum atomic E-state index is -0.204. The van der Waals surface area contributed by atoms with Gasteiger partial charge in [0, 0.05) is 22.9 Å². The van der Waals surface area contributed by atoms with Gasteiger partial charge in [-0.15, -0.1) is 0 Å². The molecule has 0 saturated heterocycles. The van der Waals surface area contributed by atoms with Crippen molar-refractivity contribution in [3.8, 4) is 11.1 Å². The molecule has 4 heteroatoms. The van der Waals surface area contributed by atoms with E-state index in [0.717, 1.165) is 24.4 Å². The van der Waals surface area contributed by atoms with Gasteiger partial charge in [-0.1, -0.05) is 54.9 Å². The Hall–Kier alpha value is -1.84. The molecule has 3 nitrogen and oxygen atoms in total. The lowest BCUT2D eigenvalue weighted by atomic mass is 10.0. The van der Waals surface area contributed by atoms with E-state index in [1.165, 1.54) is 23.1 Å². The zero-order chi connectivity index (χ0) is 17.8. The Bertz CT molecular complexity index is 712. The van der Waals surface area contributed by atoms with Crippen molar-refractivity contribution in [3.05, 3.63) is 59.1 Å². The molecule has 1 fully saturated rings. The summed E-state index contributed by atoms with van der Waals surface area (Å²) in [6.07, 6.45) is 3.03. The molecule has 1 saturated carbocycles. The predicted molar refractivity (Wildman–Crippen MR) is 104 cm³/mol. The zero-order valence-corrected chi connectivity index (χ0v) is 15.3. The third kappa shape index (κ3) is 4.83. The first-order valence-corrected chi connectivity index (χ1v) is 9.31. The van der Waals surface area contributed by atoms with Crippen molar-refractivity contribution < 1.29 is 4.79 Å². The molecule has 0 spiro atoms. The lowest BCUT2D eigenvalue weighted by Gasteiger charge is -2.08. The molecule has 1 aliphatic carbocycles. The summed E-state index contributed by atoms with van der Waals surface area (Å²) in [6.45, 7) is 2.84. The minimum Gasteiger partial charge on any atom is -0.369 e. The standard InChI is InChI=1S/C21H25ClN2O/c1-14(21(23)25)3-2-12-24-20-13-19(20)17-6-4-15(5-7-17)16-8-10-18(22)11-9-16/h4-11,14,19-20,24H,2-3,12-13H2,1H3,(H2,23,25)/t14?,19-,20+/m0/s1. The van der Waals surface area contributed by atoms with Crippen molar-refractivity contribution in [2.24, 2.45) is 11.7 Å². The maximum Gasteiger partial charge on any atom is 0.220 e. The summed E-state index contributed by atoms with van der Waals surface area (Å²) in [6, 6.07) is 17.3. The molecule has 3 N–H and O–H groups in total. The highest BCUT2D eigenvalue weighted by molar-refractivity contribution is 6.30. The van der Waals surface area contributed by atoms with Crippen LogP contribution in [-0.2, 0) is 4.79 Å². The van der Waals surface area contributed by atoms with E-state index < -0.39 is 0 Å². The molecule has 132 valence electrons. The number of carbonyl (C=O) groups excluding carboxylic acids is 1. The Morgan fingerprint density at radius 2 is 1.76 bits per heavy atom. The fourth-order valence-electron chi connectivity index (χ4n) is 3.19. The van der Waals surface area contributed by atoms with Crippen LogP contribution in [0.1, 0.15) is 37.7 Å².